The fraction of sp³-hybridized carbons (Fsp3) is 0.214. The summed E-state index contributed by atoms with van der Waals surface area (Å²) in [7, 11) is 0. The van der Waals surface area contributed by atoms with E-state index >= 15 is 0 Å². The summed E-state index contributed by atoms with van der Waals surface area (Å²) in [4.78, 5) is 23.9. The number of aromatic nitrogens is 2. The average molecular weight is 356 g/mol. The molecule has 1 amide bonds. The first-order valence-electron chi connectivity index (χ1n) is 6.65. The maximum atomic E-state index is 12.0. The molecule has 0 spiro atoms. The number of benzene rings is 1. The van der Waals surface area contributed by atoms with Gasteiger partial charge in [-0.15, -0.1) is 0 Å². The number of hydrogen-bond acceptors (Lipinski definition) is 5. The monoisotopic (exact) mass is 355 g/mol. The van der Waals surface area contributed by atoms with Crippen LogP contribution in [0.4, 0.5) is 5.69 Å². The number of amides is 1. The Balaban J connectivity index is 1.73. The standard InChI is InChI=1S/C14H11Cl2N3O4/c15-9-6-17-19(14(21)13(9)16)7-12(20)18-8-1-2-10-11(5-8)23-4-3-22-10/h1-2,5-6H,3-4,7H2,(H,18,20). The average Bonchev–Trinajstić information content (AvgIpc) is 2.55. The number of fused-ring (bicyclic) bond motifs is 1. The van der Waals surface area contributed by atoms with Gasteiger partial charge >= 0.3 is 0 Å². The Morgan fingerprint density at radius 3 is 2.78 bits per heavy atom. The molecule has 2 aromatic rings. The molecule has 1 aromatic carbocycles. The molecule has 1 N–H and O–H groups in total. The van der Waals surface area contributed by atoms with Crippen LogP contribution >= 0.6 is 23.2 Å². The van der Waals surface area contributed by atoms with Gasteiger partial charge in [0.05, 0.1) is 11.2 Å². The van der Waals surface area contributed by atoms with E-state index in [4.69, 9.17) is 32.7 Å². The Kier molecular flexibility index (Phi) is 4.40. The molecule has 0 fully saturated rings. The summed E-state index contributed by atoms with van der Waals surface area (Å²) in [6.45, 7) is 0.655. The Labute approximate surface area is 140 Å². The molecule has 0 saturated heterocycles. The van der Waals surface area contributed by atoms with Crippen LogP contribution in [-0.2, 0) is 11.3 Å². The lowest BCUT2D eigenvalue weighted by Gasteiger charge is -2.19. The van der Waals surface area contributed by atoms with E-state index < -0.39 is 11.5 Å². The number of halogens is 2. The van der Waals surface area contributed by atoms with E-state index in [1.54, 1.807) is 18.2 Å². The molecule has 0 aliphatic carbocycles. The van der Waals surface area contributed by atoms with E-state index in [9.17, 15) is 9.59 Å². The first-order chi connectivity index (χ1) is 11.0. The third-order valence-electron chi connectivity index (χ3n) is 3.06. The van der Waals surface area contributed by atoms with E-state index in [0.717, 1.165) is 4.68 Å². The SMILES string of the molecule is O=C(Cn1ncc(Cl)c(Cl)c1=O)Nc1ccc2c(c1)OCCO2. The maximum Gasteiger partial charge on any atom is 0.287 e. The van der Waals surface area contributed by atoms with Gasteiger partial charge in [0.2, 0.25) is 5.91 Å². The molecule has 7 nitrogen and oxygen atoms in total. The minimum absolute atomic E-state index is 0.0418. The molecule has 2 heterocycles. The van der Waals surface area contributed by atoms with Crippen molar-refractivity contribution in [1.82, 2.24) is 9.78 Å². The van der Waals surface area contributed by atoms with Crippen molar-refractivity contribution < 1.29 is 14.3 Å². The summed E-state index contributed by atoms with van der Waals surface area (Å²) in [6.07, 6.45) is 1.21. The lowest BCUT2D eigenvalue weighted by atomic mass is 10.2. The van der Waals surface area contributed by atoms with Gasteiger partial charge in [-0.05, 0) is 12.1 Å². The van der Waals surface area contributed by atoms with Gasteiger partial charge in [-0.2, -0.15) is 5.10 Å². The zero-order valence-corrected chi connectivity index (χ0v) is 13.2. The normalized spacial score (nSPS) is 12.8. The minimum Gasteiger partial charge on any atom is -0.486 e. The van der Waals surface area contributed by atoms with Crippen LogP contribution < -0.4 is 20.3 Å². The van der Waals surface area contributed by atoms with E-state index in [0.29, 0.717) is 30.4 Å². The van der Waals surface area contributed by atoms with Gasteiger partial charge in [0.25, 0.3) is 5.56 Å². The van der Waals surface area contributed by atoms with Crippen molar-refractivity contribution in [2.75, 3.05) is 18.5 Å². The van der Waals surface area contributed by atoms with Gasteiger partial charge in [-0.1, -0.05) is 23.2 Å². The summed E-state index contributed by atoms with van der Waals surface area (Å²) in [6, 6.07) is 5.03. The molecule has 0 saturated carbocycles. The summed E-state index contributed by atoms with van der Waals surface area (Å²) in [5.74, 6) is 0.741. The molecular formula is C14H11Cl2N3O4. The summed E-state index contributed by atoms with van der Waals surface area (Å²) >= 11 is 11.4. The van der Waals surface area contributed by atoms with Crippen LogP contribution in [-0.4, -0.2) is 28.9 Å². The zero-order valence-electron chi connectivity index (χ0n) is 11.7. The van der Waals surface area contributed by atoms with E-state index in [1.165, 1.54) is 6.20 Å². The third-order valence-corrected chi connectivity index (χ3v) is 3.81. The number of hydrogen-bond donors (Lipinski definition) is 1. The van der Waals surface area contributed by atoms with Crippen molar-refractivity contribution >= 4 is 34.8 Å². The summed E-state index contributed by atoms with van der Waals surface area (Å²) in [5.41, 5.74) is -0.108. The Morgan fingerprint density at radius 1 is 1.26 bits per heavy atom. The van der Waals surface area contributed by atoms with Gasteiger partial charge in [0.15, 0.2) is 11.5 Å². The molecule has 9 heteroatoms. The van der Waals surface area contributed by atoms with Crippen molar-refractivity contribution in [1.29, 1.82) is 0 Å². The predicted octanol–water partition coefficient (Wildman–Crippen LogP) is 1.96. The zero-order chi connectivity index (χ0) is 16.4. The minimum atomic E-state index is -0.628. The number of rotatable bonds is 3. The Morgan fingerprint density at radius 2 is 2.00 bits per heavy atom. The van der Waals surface area contributed by atoms with E-state index in [1.807, 2.05) is 0 Å². The molecule has 1 aliphatic heterocycles. The molecule has 1 aliphatic rings. The summed E-state index contributed by atoms with van der Waals surface area (Å²) in [5, 5.41) is 6.29. The van der Waals surface area contributed by atoms with Crippen LogP contribution in [0.1, 0.15) is 0 Å². The van der Waals surface area contributed by atoms with Crippen LogP contribution in [0, 0.1) is 0 Å². The topological polar surface area (TPSA) is 82.5 Å². The van der Waals surface area contributed by atoms with Crippen molar-refractivity contribution in [2.45, 2.75) is 6.54 Å². The van der Waals surface area contributed by atoms with Crippen LogP contribution in [0.15, 0.2) is 29.2 Å². The smallest absolute Gasteiger partial charge is 0.287 e. The van der Waals surface area contributed by atoms with Gasteiger partial charge in [-0.25, -0.2) is 4.68 Å². The van der Waals surface area contributed by atoms with Crippen LogP contribution in [0.2, 0.25) is 10.0 Å². The molecule has 3 rings (SSSR count). The number of nitrogens with zero attached hydrogens (tertiary/aromatic N) is 2. The van der Waals surface area contributed by atoms with Crippen LogP contribution in [0.5, 0.6) is 11.5 Å². The highest BCUT2D eigenvalue weighted by Gasteiger charge is 2.14. The Hall–Kier alpha value is -2.25. The van der Waals surface area contributed by atoms with Gasteiger partial charge in [0, 0.05) is 11.8 Å². The molecule has 23 heavy (non-hydrogen) atoms. The molecule has 0 atom stereocenters. The van der Waals surface area contributed by atoms with Crippen molar-refractivity contribution in [3.8, 4) is 11.5 Å². The highest BCUT2D eigenvalue weighted by molar-refractivity contribution is 6.41. The fourth-order valence-corrected chi connectivity index (χ4v) is 2.29. The molecule has 1 aromatic heterocycles. The molecule has 0 unspecified atom stereocenters. The van der Waals surface area contributed by atoms with Gasteiger partial charge in [0.1, 0.15) is 24.8 Å². The molecule has 120 valence electrons. The van der Waals surface area contributed by atoms with Crippen molar-refractivity contribution in [2.24, 2.45) is 0 Å². The Bertz CT molecular complexity index is 822. The largest absolute Gasteiger partial charge is 0.486 e. The number of carbonyl (C=O) groups is 1. The number of ether oxygens (including phenoxy) is 2. The molecule has 0 bridgehead atoms. The first kappa shape index (κ1) is 15.6. The lowest BCUT2D eigenvalue weighted by molar-refractivity contribution is -0.117. The van der Waals surface area contributed by atoms with E-state index in [2.05, 4.69) is 10.4 Å². The summed E-state index contributed by atoms with van der Waals surface area (Å²) < 4.78 is 11.8. The first-order valence-corrected chi connectivity index (χ1v) is 7.41. The second kappa shape index (κ2) is 6.47. The van der Waals surface area contributed by atoms with Crippen molar-refractivity contribution in [3.05, 3.63) is 44.8 Å². The molecule has 0 radical (unpaired) electrons. The predicted molar refractivity (Wildman–Crippen MR) is 84.6 cm³/mol. The number of anilines is 1. The second-order valence-corrected chi connectivity index (χ2v) is 5.46. The number of carbonyl (C=O) groups excluding carboxylic acids is 1. The van der Waals surface area contributed by atoms with Gasteiger partial charge < -0.3 is 14.8 Å². The van der Waals surface area contributed by atoms with Crippen molar-refractivity contribution in [3.63, 3.8) is 0 Å². The quantitative estimate of drug-likeness (QED) is 0.909. The highest BCUT2D eigenvalue weighted by Crippen LogP contribution is 2.32. The van der Waals surface area contributed by atoms with Crippen LogP contribution in [0.25, 0.3) is 0 Å². The van der Waals surface area contributed by atoms with E-state index in [-0.39, 0.29) is 16.6 Å². The van der Waals surface area contributed by atoms with Crippen LogP contribution in [0.3, 0.4) is 0 Å². The molecular weight excluding hydrogens is 345 g/mol. The highest BCUT2D eigenvalue weighted by atomic mass is 35.5. The third kappa shape index (κ3) is 3.40. The number of nitrogens with one attached hydrogen (secondary N) is 1. The lowest BCUT2D eigenvalue weighted by Crippen LogP contribution is -2.29. The fourth-order valence-electron chi connectivity index (χ4n) is 2.02. The second-order valence-electron chi connectivity index (χ2n) is 4.68. The maximum absolute atomic E-state index is 12.0. The van der Waals surface area contributed by atoms with Gasteiger partial charge in [-0.3, -0.25) is 9.59 Å².